The molecule has 9 heteroatoms. The van der Waals surface area contributed by atoms with Gasteiger partial charge in [0.05, 0.1) is 17.0 Å². The molecule has 0 N–H and O–H groups in total. The fourth-order valence-electron chi connectivity index (χ4n) is 4.69. The summed E-state index contributed by atoms with van der Waals surface area (Å²) in [5.74, 6) is 1.00. The molecule has 1 atom stereocenters. The van der Waals surface area contributed by atoms with Crippen molar-refractivity contribution in [2.75, 3.05) is 31.1 Å². The Bertz CT molecular complexity index is 808. The van der Waals surface area contributed by atoms with Gasteiger partial charge in [-0.3, -0.25) is 15.0 Å². The van der Waals surface area contributed by atoms with E-state index in [4.69, 9.17) is 0 Å². The van der Waals surface area contributed by atoms with Crippen LogP contribution < -0.4 is 4.90 Å². The molecule has 1 aromatic heterocycles. The van der Waals surface area contributed by atoms with Gasteiger partial charge in [0.2, 0.25) is 0 Å². The summed E-state index contributed by atoms with van der Waals surface area (Å²) in [5.41, 5.74) is 1.17. The van der Waals surface area contributed by atoms with Crippen molar-refractivity contribution in [3.63, 3.8) is 0 Å². The summed E-state index contributed by atoms with van der Waals surface area (Å²) in [6.45, 7) is 5.83. The minimum Gasteiger partial charge on any atom is -0.369 e. The summed E-state index contributed by atoms with van der Waals surface area (Å²) >= 11 is 0. The Hall–Kier alpha value is -2.55. The number of non-ortho nitro benzene ring substituents is 1. The van der Waals surface area contributed by atoms with Gasteiger partial charge in [-0.25, -0.2) is 4.68 Å². The number of aromatic nitrogens is 4. The lowest BCUT2D eigenvalue weighted by Gasteiger charge is -2.39. The Kier molecular flexibility index (Phi) is 6.03. The molecule has 0 spiro atoms. The molecule has 1 aliphatic carbocycles. The zero-order chi connectivity index (χ0) is 20.2. The molecule has 0 radical (unpaired) electrons. The van der Waals surface area contributed by atoms with E-state index in [1.807, 2.05) is 12.1 Å². The number of nitro benzene ring substituents is 1. The molecule has 1 saturated carbocycles. The third-order valence-corrected chi connectivity index (χ3v) is 6.30. The Morgan fingerprint density at radius 3 is 2.41 bits per heavy atom. The average Bonchev–Trinajstić information content (AvgIpc) is 3.25. The highest BCUT2D eigenvalue weighted by Gasteiger charge is 2.30. The number of nitro groups is 1. The molecule has 2 aromatic rings. The van der Waals surface area contributed by atoms with Crippen LogP contribution in [0, 0.1) is 10.1 Å². The third kappa shape index (κ3) is 4.24. The predicted octanol–water partition coefficient (Wildman–Crippen LogP) is 3.36. The standard InChI is InChI=1S/C20H29N7O2/c1-2-19(20-21-22-23-26(20)17-6-4-3-5-7-17)25-14-12-24(13-15-25)16-8-10-18(11-9-16)27(28)29/h8-11,17,19H,2-7,12-15H2,1H3/t19-/m1/s1. The monoisotopic (exact) mass is 399 g/mol. The van der Waals surface area contributed by atoms with Gasteiger partial charge >= 0.3 is 0 Å². The van der Waals surface area contributed by atoms with Gasteiger partial charge in [-0.2, -0.15) is 0 Å². The number of benzene rings is 1. The summed E-state index contributed by atoms with van der Waals surface area (Å²) in [6.07, 6.45) is 7.15. The van der Waals surface area contributed by atoms with Gasteiger partial charge in [0.15, 0.2) is 5.82 Å². The second-order valence-electron chi connectivity index (χ2n) is 7.99. The number of nitrogens with zero attached hydrogens (tertiary/aromatic N) is 7. The van der Waals surface area contributed by atoms with E-state index in [0.717, 1.165) is 44.1 Å². The highest BCUT2D eigenvalue weighted by molar-refractivity contribution is 5.51. The number of anilines is 1. The predicted molar refractivity (Wildman–Crippen MR) is 110 cm³/mol. The van der Waals surface area contributed by atoms with E-state index in [2.05, 4.69) is 36.9 Å². The minimum atomic E-state index is -0.357. The summed E-state index contributed by atoms with van der Waals surface area (Å²) in [5, 5.41) is 23.7. The fraction of sp³-hybridized carbons (Fsp3) is 0.650. The maximum Gasteiger partial charge on any atom is 0.269 e. The van der Waals surface area contributed by atoms with Crippen molar-refractivity contribution in [3.8, 4) is 0 Å². The maximum atomic E-state index is 10.9. The molecule has 2 fully saturated rings. The number of rotatable bonds is 6. The normalized spacial score (nSPS) is 20.0. The van der Waals surface area contributed by atoms with E-state index >= 15 is 0 Å². The molecule has 0 amide bonds. The van der Waals surface area contributed by atoms with Crippen LogP contribution in [0.3, 0.4) is 0 Å². The van der Waals surface area contributed by atoms with E-state index in [0.29, 0.717) is 6.04 Å². The topological polar surface area (TPSA) is 93.2 Å². The molecule has 1 aliphatic heterocycles. The van der Waals surface area contributed by atoms with Gasteiger partial charge < -0.3 is 4.90 Å². The van der Waals surface area contributed by atoms with Crippen LogP contribution in [-0.2, 0) is 0 Å². The van der Waals surface area contributed by atoms with Crippen LogP contribution in [-0.4, -0.2) is 56.2 Å². The van der Waals surface area contributed by atoms with Crippen LogP contribution in [0.5, 0.6) is 0 Å². The van der Waals surface area contributed by atoms with Crippen molar-refractivity contribution < 1.29 is 4.92 Å². The van der Waals surface area contributed by atoms with Crippen LogP contribution in [0.4, 0.5) is 11.4 Å². The average molecular weight is 399 g/mol. The second-order valence-corrected chi connectivity index (χ2v) is 7.99. The SMILES string of the molecule is CC[C@H](c1nnnn1C1CCCCC1)N1CCN(c2ccc([N+](=O)[O-])cc2)CC1. The van der Waals surface area contributed by atoms with Crippen molar-refractivity contribution in [1.29, 1.82) is 0 Å². The van der Waals surface area contributed by atoms with E-state index < -0.39 is 0 Å². The zero-order valence-corrected chi connectivity index (χ0v) is 17.0. The molecule has 1 aromatic carbocycles. The lowest BCUT2D eigenvalue weighted by Crippen LogP contribution is -2.48. The van der Waals surface area contributed by atoms with Crippen molar-refractivity contribution >= 4 is 11.4 Å². The van der Waals surface area contributed by atoms with Crippen molar-refractivity contribution in [2.45, 2.75) is 57.5 Å². The van der Waals surface area contributed by atoms with Crippen LogP contribution in [0.1, 0.15) is 63.4 Å². The zero-order valence-electron chi connectivity index (χ0n) is 17.0. The number of tetrazole rings is 1. The summed E-state index contributed by atoms with van der Waals surface area (Å²) in [6, 6.07) is 7.50. The van der Waals surface area contributed by atoms with Gasteiger partial charge in [0, 0.05) is 44.0 Å². The van der Waals surface area contributed by atoms with Crippen LogP contribution in [0.15, 0.2) is 24.3 Å². The van der Waals surface area contributed by atoms with E-state index in [-0.39, 0.29) is 16.7 Å². The van der Waals surface area contributed by atoms with Gasteiger partial charge in [-0.1, -0.05) is 26.2 Å². The molecule has 2 aliphatic rings. The molecular formula is C20H29N7O2. The maximum absolute atomic E-state index is 10.9. The number of hydrogen-bond acceptors (Lipinski definition) is 7. The molecule has 0 unspecified atom stereocenters. The quantitative estimate of drug-likeness (QED) is 0.543. The van der Waals surface area contributed by atoms with Crippen molar-refractivity contribution in [2.24, 2.45) is 0 Å². The van der Waals surface area contributed by atoms with Crippen molar-refractivity contribution in [3.05, 3.63) is 40.2 Å². The Balaban J connectivity index is 1.42. The summed E-state index contributed by atoms with van der Waals surface area (Å²) < 4.78 is 2.09. The van der Waals surface area contributed by atoms with Gasteiger partial charge in [-0.15, -0.1) is 5.10 Å². The Morgan fingerprint density at radius 2 is 1.79 bits per heavy atom. The first-order chi connectivity index (χ1) is 14.2. The Morgan fingerprint density at radius 1 is 1.10 bits per heavy atom. The van der Waals surface area contributed by atoms with E-state index in [1.165, 1.54) is 32.1 Å². The van der Waals surface area contributed by atoms with Gasteiger partial charge in [0.1, 0.15) is 0 Å². The smallest absolute Gasteiger partial charge is 0.269 e. The molecule has 156 valence electrons. The second kappa shape index (κ2) is 8.86. The number of piperazine rings is 1. The lowest BCUT2D eigenvalue weighted by atomic mass is 9.95. The molecule has 29 heavy (non-hydrogen) atoms. The molecule has 1 saturated heterocycles. The van der Waals surface area contributed by atoms with Crippen LogP contribution in [0.25, 0.3) is 0 Å². The molecule has 2 heterocycles. The van der Waals surface area contributed by atoms with E-state index in [9.17, 15) is 10.1 Å². The number of hydrogen-bond donors (Lipinski definition) is 0. The minimum absolute atomic E-state index is 0.132. The summed E-state index contributed by atoms with van der Waals surface area (Å²) in [4.78, 5) is 15.3. The van der Waals surface area contributed by atoms with E-state index in [1.54, 1.807) is 12.1 Å². The van der Waals surface area contributed by atoms with Gasteiger partial charge in [-0.05, 0) is 41.8 Å². The molecular weight excluding hydrogens is 370 g/mol. The van der Waals surface area contributed by atoms with Crippen LogP contribution >= 0.6 is 0 Å². The first kappa shape index (κ1) is 19.8. The summed E-state index contributed by atoms with van der Waals surface area (Å²) in [7, 11) is 0. The van der Waals surface area contributed by atoms with Crippen LogP contribution in [0.2, 0.25) is 0 Å². The van der Waals surface area contributed by atoms with Crippen molar-refractivity contribution in [1.82, 2.24) is 25.1 Å². The lowest BCUT2D eigenvalue weighted by molar-refractivity contribution is -0.384. The first-order valence-electron chi connectivity index (χ1n) is 10.7. The molecule has 4 rings (SSSR count). The largest absolute Gasteiger partial charge is 0.369 e. The highest BCUT2D eigenvalue weighted by atomic mass is 16.6. The third-order valence-electron chi connectivity index (χ3n) is 6.30. The Labute approximate surface area is 170 Å². The molecule has 9 nitrogen and oxygen atoms in total. The fourth-order valence-corrected chi connectivity index (χ4v) is 4.69. The molecule has 0 bridgehead atoms. The highest BCUT2D eigenvalue weighted by Crippen LogP contribution is 2.32. The van der Waals surface area contributed by atoms with Gasteiger partial charge in [0.25, 0.3) is 5.69 Å². The first-order valence-corrected chi connectivity index (χ1v) is 10.7.